The van der Waals surface area contributed by atoms with Crippen molar-refractivity contribution in [3.05, 3.63) is 376 Å². The Morgan fingerprint density at radius 1 is 0.120 bits per heavy atom. The topological polar surface area (TPSA) is 13.0 Å². The summed E-state index contributed by atoms with van der Waals surface area (Å²) in [5.74, 6) is 0. The molecule has 0 radical (unpaired) electrons. The molecule has 0 unspecified atom stereocenters. The summed E-state index contributed by atoms with van der Waals surface area (Å²) in [5.41, 5.74) is 20.0. The molecule has 16 rings (SSSR count). The highest BCUT2D eigenvalue weighted by Gasteiger charge is 2.22. The van der Waals surface area contributed by atoms with Gasteiger partial charge in [0.05, 0.1) is 22.7 Å². The van der Waals surface area contributed by atoms with Crippen molar-refractivity contribution in [2.24, 2.45) is 0 Å². The van der Waals surface area contributed by atoms with Crippen LogP contribution in [0.5, 0.6) is 0 Å². The average molecular weight is 1180 g/mol. The fourth-order valence-electron chi connectivity index (χ4n) is 13.3. The second kappa shape index (κ2) is 24.4. The van der Waals surface area contributed by atoms with E-state index >= 15 is 0 Å². The lowest BCUT2D eigenvalue weighted by atomic mass is 10.0. The Kier molecular flexibility index (Phi) is 14.6. The molecule has 0 heterocycles. The van der Waals surface area contributed by atoms with E-state index in [1.165, 1.54) is 65.3 Å². The van der Waals surface area contributed by atoms with Crippen LogP contribution in [-0.2, 0) is 0 Å². The molecule has 0 aromatic heterocycles. The predicted molar refractivity (Wildman–Crippen MR) is 392 cm³/mol. The van der Waals surface area contributed by atoms with Crippen LogP contribution in [0, 0.1) is 0 Å². The number of nitrogens with zero attached hydrogens (tertiary/aromatic N) is 4. The van der Waals surface area contributed by atoms with Gasteiger partial charge in [0.25, 0.3) is 0 Å². The molecule has 0 N–H and O–H groups in total. The summed E-state index contributed by atoms with van der Waals surface area (Å²) in [6.07, 6.45) is 0. The van der Waals surface area contributed by atoms with Gasteiger partial charge in [0.1, 0.15) is 0 Å². The van der Waals surface area contributed by atoms with Gasteiger partial charge in [-0.25, -0.2) is 0 Å². The molecule has 92 heavy (non-hydrogen) atoms. The molecule has 16 aromatic carbocycles. The van der Waals surface area contributed by atoms with E-state index in [0.717, 1.165) is 79.4 Å². The SMILES string of the molecule is c1ccc(-c2ccc(N(c3ccc(N(c4ccc(-c5ccc(N(c6ccc(N(c7ccc(-c8ccccc8)cc7)c7cccc8ccccc78)cc6)c6cccc7ccccc67)cc5)cc4)c4cccc5ccccc45)cc3)c3cccc4ccccc34)cc2)cc1. The van der Waals surface area contributed by atoms with E-state index in [1.807, 2.05) is 0 Å². The van der Waals surface area contributed by atoms with Crippen LogP contribution >= 0.6 is 0 Å². The molecule has 0 atom stereocenters. The van der Waals surface area contributed by atoms with Crippen LogP contribution in [0.25, 0.3) is 76.5 Å². The first-order valence-electron chi connectivity index (χ1n) is 31.5. The third-order valence-corrected chi connectivity index (χ3v) is 17.8. The van der Waals surface area contributed by atoms with Gasteiger partial charge >= 0.3 is 0 Å². The van der Waals surface area contributed by atoms with E-state index in [-0.39, 0.29) is 0 Å². The Morgan fingerprint density at radius 3 is 0.500 bits per heavy atom. The summed E-state index contributed by atoms with van der Waals surface area (Å²) in [6, 6.07) is 136. The molecule has 4 nitrogen and oxygen atoms in total. The van der Waals surface area contributed by atoms with Crippen LogP contribution in [0.3, 0.4) is 0 Å². The Balaban J connectivity index is 0.743. The second-order valence-electron chi connectivity index (χ2n) is 23.3. The molecule has 0 saturated carbocycles. The standard InChI is InChI=1S/C88H62N4/c1-3-19-63(20-4-1)65-39-47-73(48-40-65)89(85-35-15-27-69-23-7-11-31-81(69)85)77-55-59-79(60-56-77)91(87-37-17-29-71-25-9-13-33-83(71)87)75-51-43-67(44-52-75)68-45-53-76(54-46-68)92(88-38-18-30-72-26-10-14-34-84(72)88)80-61-57-78(58-62-80)90(86-36-16-28-70-24-8-12-32-82(70)86)74-49-41-66(42-50-74)64-21-5-2-6-22-64/h1-62H. The fourth-order valence-corrected chi connectivity index (χ4v) is 13.3. The van der Waals surface area contributed by atoms with Crippen molar-refractivity contribution in [2.75, 3.05) is 19.6 Å². The lowest BCUT2D eigenvalue weighted by Crippen LogP contribution is -2.13. The molecule has 4 heteroatoms. The first-order chi connectivity index (χ1) is 45.6. The average Bonchev–Trinajstić information content (AvgIpc) is 0.904. The molecular weight excluding hydrogens is 1110 g/mol. The van der Waals surface area contributed by atoms with Gasteiger partial charge in [0.15, 0.2) is 0 Å². The van der Waals surface area contributed by atoms with Gasteiger partial charge < -0.3 is 19.6 Å². The molecule has 0 spiro atoms. The molecule has 16 aromatic rings. The maximum absolute atomic E-state index is 2.39. The molecule has 0 aliphatic carbocycles. The van der Waals surface area contributed by atoms with Gasteiger partial charge in [-0.05, 0) is 176 Å². The van der Waals surface area contributed by atoms with Gasteiger partial charge in [0.2, 0.25) is 0 Å². The summed E-state index contributed by atoms with van der Waals surface area (Å²) in [4.78, 5) is 9.56. The number of anilines is 12. The molecule has 0 amide bonds. The Hall–Kier alpha value is -12.2. The third-order valence-electron chi connectivity index (χ3n) is 17.8. The molecule has 0 aliphatic rings. The zero-order chi connectivity index (χ0) is 61.2. The first kappa shape index (κ1) is 55.1. The fraction of sp³-hybridized carbons (Fsp3) is 0. The quantitative estimate of drug-likeness (QED) is 0.101. The summed E-state index contributed by atoms with van der Waals surface area (Å²) in [6.45, 7) is 0. The van der Waals surface area contributed by atoms with Crippen LogP contribution in [0.2, 0.25) is 0 Å². The normalized spacial score (nSPS) is 11.3. The third kappa shape index (κ3) is 10.6. The largest absolute Gasteiger partial charge is 0.310 e. The number of benzene rings is 16. The number of hydrogen-bond acceptors (Lipinski definition) is 4. The van der Waals surface area contributed by atoms with Gasteiger partial charge in [-0.3, -0.25) is 0 Å². The number of fused-ring (bicyclic) bond motifs is 4. The monoisotopic (exact) mass is 1170 g/mol. The maximum atomic E-state index is 2.39. The maximum Gasteiger partial charge on any atom is 0.0540 e. The molecule has 0 saturated heterocycles. The molecule has 0 fully saturated rings. The van der Waals surface area contributed by atoms with E-state index in [1.54, 1.807) is 0 Å². The Labute approximate surface area is 537 Å². The molecule has 0 bridgehead atoms. The van der Waals surface area contributed by atoms with Gasteiger partial charge in [-0.15, -0.1) is 0 Å². The second-order valence-corrected chi connectivity index (χ2v) is 23.3. The Morgan fingerprint density at radius 2 is 0.283 bits per heavy atom. The highest BCUT2D eigenvalue weighted by atomic mass is 15.2. The molecule has 0 aliphatic heterocycles. The van der Waals surface area contributed by atoms with Crippen LogP contribution in [-0.4, -0.2) is 0 Å². The summed E-state index contributed by atoms with van der Waals surface area (Å²) in [7, 11) is 0. The first-order valence-corrected chi connectivity index (χ1v) is 31.5. The van der Waals surface area contributed by atoms with E-state index in [4.69, 9.17) is 0 Å². The van der Waals surface area contributed by atoms with Gasteiger partial charge in [0, 0.05) is 67.0 Å². The van der Waals surface area contributed by atoms with Crippen molar-refractivity contribution in [2.45, 2.75) is 0 Å². The lowest BCUT2D eigenvalue weighted by molar-refractivity contribution is 1.27. The van der Waals surface area contributed by atoms with Crippen LogP contribution in [0.4, 0.5) is 68.2 Å². The van der Waals surface area contributed by atoms with E-state index in [2.05, 4.69) is 396 Å². The predicted octanol–water partition coefficient (Wildman–Crippen LogP) is 25.2. The highest BCUT2D eigenvalue weighted by Crippen LogP contribution is 2.47. The number of rotatable bonds is 15. The summed E-state index contributed by atoms with van der Waals surface area (Å²) < 4.78 is 0. The van der Waals surface area contributed by atoms with Crippen molar-refractivity contribution in [1.82, 2.24) is 0 Å². The zero-order valence-corrected chi connectivity index (χ0v) is 50.6. The van der Waals surface area contributed by atoms with Crippen LogP contribution in [0.15, 0.2) is 376 Å². The molecule has 434 valence electrons. The Bertz CT molecular complexity index is 4890. The van der Waals surface area contributed by atoms with Crippen LogP contribution < -0.4 is 19.6 Å². The minimum Gasteiger partial charge on any atom is -0.310 e. The van der Waals surface area contributed by atoms with E-state index in [9.17, 15) is 0 Å². The van der Waals surface area contributed by atoms with E-state index in [0.29, 0.717) is 0 Å². The van der Waals surface area contributed by atoms with Crippen molar-refractivity contribution in [3.8, 4) is 33.4 Å². The number of hydrogen-bond donors (Lipinski definition) is 0. The van der Waals surface area contributed by atoms with Crippen molar-refractivity contribution in [3.63, 3.8) is 0 Å². The van der Waals surface area contributed by atoms with Crippen molar-refractivity contribution < 1.29 is 0 Å². The van der Waals surface area contributed by atoms with E-state index < -0.39 is 0 Å². The highest BCUT2D eigenvalue weighted by molar-refractivity contribution is 6.03. The zero-order valence-electron chi connectivity index (χ0n) is 50.6. The van der Waals surface area contributed by atoms with Crippen molar-refractivity contribution >= 4 is 111 Å². The van der Waals surface area contributed by atoms with Gasteiger partial charge in [-0.1, -0.05) is 255 Å². The summed E-state index contributed by atoms with van der Waals surface area (Å²) in [5, 5.41) is 9.49. The lowest BCUT2D eigenvalue weighted by Gasteiger charge is -2.30. The van der Waals surface area contributed by atoms with Gasteiger partial charge in [-0.2, -0.15) is 0 Å². The summed E-state index contributed by atoms with van der Waals surface area (Å²) >= 11 is 0. The van der Waals surface area contributed by atoms with Crippen molar-refractivity contribution in [1.29, 1.82) is 0 Å². The van der Waals surface area contributed by atoms with Crippen LogP contribution in [0.1, 0.15) is 0 Å². The minimum atomic E-state index is 1.06. The minimum absolute atomic E-state index is 1.06. The smallest absolute Gasteiger partial charge is 0.0540 e. The molecular formula is C88H62N4.